The van der Waals surface area contributed by atoms with Gasteiger partial charge in [-0.15, -0.1) is 0 Å². The molecule has 3 nitrogen and oxygen atoms in total. The van der Waals surface area contributed by atoms with Gasteiger partial charge in [0.2, 0.25) is 0 Å². The molecule has 0 aromatic carbocycles. The average Bonchev–Trinajstić information content (AvgIpc) is 2.20. The molecule has 0 aromatic rings. The molecule has 0 spiro atoms. The molecule has 0 bridgehead atoms. The Balaban J connectivity index is 2.62. The lowest BCUT2D eigenvalue weighted by Crippen LogP contribution is -2.39. The molecule has 0 aliphatic carbocycles. The van der Waals surface area contributed by atoms with Crippen LogP contribution in [0.5, 0.6) is 0 Å². The van der Waals surface area contributed by atoms with E-state index in [2.05, 4.69) is 0 Å². The molecule has 1 atom stereocenters. The van der Waals surface area contributed by atoms with Gasteiger partial charge in [0.1, 0.15) is 5.60 Å². The summed E-state index contributed by atoms with van der Waals surface area (Å²) >= 11 is 0. The molecule has 1 aliphatic heterocycles. The van der Waals surface area contributed by atoms with Gasteiger partial charge in [-0.1, -0.05) is 0 Å². The lowest BCUT2D eigenvalue weighted by molar-refractivity contribution is -0.00231. The molecule has 1 rings (SSSR count). The number of hydrogen-bond acceptors (Lipinski definition) is 2. The largest absolute Gasteiger partial charge is 0.444 e. The fourth-order valence-electron chi connectivity index (χ4n) is 1.58. The van der Waals surface area contributed by atoms with Gasteiger partial charge in [-0.3, -0.25) is 4.90 Å². The van der Waals surface area contributed by atoms with Crippen molar-refractivity contribution in [2.75, 3.05) is 6.54 Å². The molecule has 88 valence electrons. The van der Waals surface area contributed by atoms with Crippen molar-refractivity contribution >= 4 is 6.09 Å². The van der Waals surface area contributed by atoms with Crippen LogP contribution in [-0.2, 0) is 4.74 Å². The van der Waals surface area contributed by atoms with E-state index in [-0.39, 0.29) is 6.42 Å². The highest BCUT2D eigenvalue weighted by Crippen LogP contribution is 2.32. The third-order valence-corrected chi connectivity index (χ3v) is 2.16. The summed E-state index contributed by atoms with van der Waals surface area (Å²) in [7, 11) is 0. The van der Waals surface area contributed by atoms with E-state index in [0.717, 1.165) is 4.90 Å². The summed E-state index contributed by atoms with van der Waals surface area (Å²) < 4.78 is 31.0. The Morgan fingerprint density at radius 2 is 2.00 bits per heavy atom. The van der Waals surface area contributed by atoms with Gasteiger partial charge < -0.3 is 4.74 Å². The van der Waals surface area contributed by atoms with Crippen molar-refractivity contribution in [2.24, 2.45) is 0 Å². The molecular formula is C10H17F2NO2. The van der Waals surface area contributed by atoms with E-state index >= 15 is 0 Å². The molecule has 0 saturated carbocycles. The number of alkyl halides is 2. The second kappa shape index (κ2) is 3.61. The number of amides is 1. The summed E-state index contributed by atoms with van der Waals surface area (Å²) in [5, 5.41) is 0. The standard InChI is InChI=1S/C10H17F2NO2/c1-7-5-10(11,12)6-13(7)8(14)15-9(2,3)4/h7H,5-6H2,1-4H3/t7-/m0/s1. The van der Waals surface area contributed by atoms with E-state index in [1.165, 1.54) is 0 Å². The van der Waals surface area contributed by atoms with Gasteiger partial charge in [-0.25, -0.2) is 13.6 Å². The van der Waals surface area contributed by atoms with Crippen LogP contribution in [0, 0.1) is 0 Å². The maximum Gasteiger partial charge on any atom is 0.410 e. The van der Waals surface area contributed by atoms with E-state index in [4.69, 9.17) is 4.74 Å². The molecule has 1 amide bonds. The fourth-order valence-corrected chi connectivity index (χ4v) is 1.58. The molecule has 0 unspecified atom stereocenters. The molecule has 1 aliphatic rings. The molecule has 0 aromatic heterocycles. The molecule has 1 fully saturated rings. The molecule has 0 radical (unpaired) electrons. The minimum absolute atomic E-state index is 0.285. The van der Waals surface area contributed by atoms with Crippen molar-refractivity contribution in [1.29, 1.82) is 0 Å². The predicted octanol–water partition coefficient (Wildman–Crippen LogP) is 2.65. The van der Waals surface area contributed by atoms with Crippen molar-refractivity contribution < 1.29 is 18.3 Å². The number of halogens is 2. The first-order chi connectivity index (χ1) is 6.61. The Bertz CT molecular complexity index is 261. The van der Waals surface area contributed by atoms with E-state index in [1.54, 1.807) is 27.7 Å². The van der Waals surface area contributed by atoms with Crippen LogP contribution in [0.2, 0.25) is 0 Å². The summed E-state index contributed by atoms with van der Waals surface area (Å²) in [5.74, 6) is -2.78. The quantitative estimate of drug-likeness (QED) is 0.629. The zero-order valence-electron chi connectivity index (χ0n) is 9.51. The Labute approximate surface area is 88.4 Å². The average molecular weight is 221 g/mol. The van der Waals surface area contributed by atoms with Crippen molar-refractivity contribution in [1.82, 2.24) is 4.90 Å². The maximum absolute atomic E-state index is 13.0. The predicted molar refractivity (Wildman–Crippen MR) is 52.0 cm³/mol. The number of likely N-dealkylation sites (tertiary alicyclic amines) is 1. The van der Waals surface area contributed by atoms with Gasteiger partial charge >= 0.3 is 6.09 Å². The lowest BCUT2D eigenvalue weighted by Gasteiger charge is -2.26. The van der Waals surface area contributed by atoms with Crippen molar-refractivity contribution in [3.8, 4) is 0 Å². The maximum atomic E-state index is 13.0. The highest BCUT2D eigenvalue weighted by Gasteiger charge is 2.46. The van der Waals surface area contributed by atoms with Crippen LogP contribution in [-0.4, -0.2) is 35.1 Å². The zero-order chi connectivity index (χ0) is 11.9. The summed E-state index contributed by atoms with van der Waals surface area (Å²) in [6, 6.07) is -0.463. The third kappa shape index (κ3) is 3.32. The minimum Gasteiger partial charge on any atom is -0.444 e. The first kappa shape index (κ1) is 12.2. The number of nitrogens with zero attached hydrogens (tertiary/aromatic N) is 1. The molecule has 1 saturated heterocycles. The van der Waals surface area contributed by atoms with Crippen LogP contribution in [0.25, 0.3) is 0 Å². The van der Waals surface area contributed by atoms with Crippen LogP contribution < -0.4 is 0 Å². The van der Waals surface area contributed by atoms with Crippen LogP contribution in [0.15, 0.2) is 0 Å². The number of hydrogen-bond donors (Lipinski definition) is 0. The van der Waals surface area contributed by atoms with Crippen molar-refractivity contribution in [3.63, 3.8) is 0 Å². The minimum atomic E-state index is -2.78. The van der Waals surface area contributed by atoms with Crippen molar-refractivity contribution in [3.05, 3.63) is 0 Å². The Morgan fingerprint density at radius 3 is 2.33 bits per heavy atom. The number of carbonyl (C=O) groups is 1. The first-order valence-electron chi connectivity index (χ1n) is 4.98. The van der Waals surface area contributed by atoms with E-state index in [0.29, 0.717) is 0 Å². The number of rotatable bonds is 0. The molecule has 1 heterocycles. The SMILES string of the molecule is C[C@H]1CC(F)(F)CN1C(=O)OC(C)(C)C. The van der Waals surface area contributed by atoms with Crippen molar-refractivity contribution in [2.45, 2.75) is 51.7 Å². The summed E-state index contributed by atoms with van der Waals surface area (Å²) in [5.41, 5.74) is -0.644. The van der Waals surface area contributed by atoms with Gasteiger partial charge in [-0.05, 0) is 27.7 Å². The van der Waals surface area contributed by atoms with Crippen LogP contribution >= 0.6 is 0 Å². The number of carbonyl (C=O) groups excluding carboxylic acids is 1. The van der Waals surface area contributed by atoms with Gasteiger partial charge in [0.25, 0.3) is 5.92 Å². The second-order valence-corrected chi connectivity index (χ2v) is 5.02. The Hall–Kier alpha value is -0.870. The van der Waals surface area contributed by atoms with Crippen LogP contribution in [0.1, 0.15) is 34.1 Å². The third-order valence-electron chi connectivity index (χ3n) is 2.16. The molecule has 0 N–H and O–H groups in total. The normalized spacial score (nSPS) is 25.5. The van der Waals surface area contributed by atoms with Gasteiger partial charge in [0, 0.05) is 12.5 Å². The van der Waals surface area contributed by atoms with Gasteiger partial charge in [-0.2, -0.15) is 0 Å². The smallest absolute Gasteiger partial charge is 0.410 e. The topological polar surface area (TPSA) is 29.5 Å². The summed E-state index contributed by atoms with van der Waals surface area (Å²) in [6.07, 6.45) is -0.945. The van der Waals surface area contributed by atoms with Gasteiger partial charge in [0.15, 0.2) is 0 Å². The van der Waals surface area contributed by atoms with Gasteiger partial charge in [0.05, 0.1) is 6.54 Å². The highest BCUT2D eigenvalue weighted by atomic mass is 19.3. The van der Waals surface area contributed by atoms with E-state index < -0.39 is 30.2 Å². The lowest BCUT2D eigenvalue weighted by atomic mass is 10.2. The van der Waals surface area contributed by atoms with E-state index in [9.17, 15) is 13.6 Å². The van der Waals surface area contributed by atoms with Crippen LogP contribution in [0.4, 0.5) is 13.6 Å². The first-order valence-corrected chi connectivity index (χ1v) is 4.98. The fraction of sp³-hybridized carbons (Fsp3) is 0.900. The second-order valence-electron chi connectivity index (χ2n) is 5.02. The molecule has 15 heavy (non-hydrogen) atoms. The van der Waals surface area contributed by atoms with Crippen LogP contribution in [0.3, 0.4) is 0 Å². The summed E-state index contributed by atoms with van der Waals surface area (Å²) in [6.45, 7) is 6.20. The van der Waals surface area contributed by atoms with E-state index in [1.807, 2.05) is 0 Å². The summed E-state index contributed by atoms with van der Waals surface area (Å²) in [4.78, 5) is 12.6. The Kier molecular flexibility index (Phi) is 2.94. The number of ether oxygens (including phenoxy) is 1. The highest BCUT2D eigenvalue weighted by molar-refractivity contribution is 5.69. The Morgan fingerprint density at radius 1 is 1.47 bits per heavy atom. The molecule has 5 heteroatoms. The molecular weight excluding hydrogens is 204 g/mol. The monoisotopic (exact) mass is 221 g/mol. The zero-order valence-corrected chi connectivity index (χ0v) is 9.51.